The predicted octanol–water partition coefficient (Wildman–Crippen LogP) is 2.07. The number of aromatic nitrogens is 2. The number of anilines is 1. The molecule has 8 nitrogen and oxygen atoms in total. The van der Waals surface area contributed by atoms with Crippen LogP contribution in [0.2, 0.25) is 0 Å². The number of ether oxygens (including phenoxy) is 1. The Kier molecular flexibility index (Phi) is 5.73. The van der Waals surface area contributed by atoms with Gasteiger partial charge in [-0.3, -0.25) is 9.69 Å². The van der Waals surface area contributed by atoms with Crippen molar-refractivity contribution in [3.63, 3.8) is 0 Å². The molecule has 1 aromatic carbocycles. The van der Waals surface area contributed by atoms with Crippen molar-refractivity contribution in [1.29, 1.82) is 0 Å². The molecule has 10 heteroatoms. The van der Waals surface area contributed by atoms with Gasteiger partial charge in [0, 0.05) is 19.6 Å². The highest BCUT2D eigenvalue weighted by molar-refractivity contribution is 5.96. The van der Waals surface area contributed by atoms with E-state index in [9.17, 15) is 18.4 Å². The number of halogens is 2. The molecule has 30 heavy (non-hydrogen) atoms. The lowest BCUT2D eigenvalue weighted by atomic mass is 10.1. The van der Waals surface area contributed by atoms with E-state index in [-0.39, 0.29) is 30.3 Å². The molecule has 2 aromatic rings. The number of benzene rings is 1. The maximum Gasteiger partial charge on any atom is 0.325 e. The molecule has 2 aliphatic heterocycles. The molecule has 0 saturated carbocycles. The van der Waals surface area contributed by atoms with Gasteiger partial charge in [0.25, 0.3) is 0 Å². The van der Waals surface area contributed by atoms with Crippen molar-refractivity contribution >= 4 is 17.6 Å². The summed E-state index contributed by atoms with van der Waals surface area (Å²) in [6.07, 6.45) is 3.18. The first-order valence-electron chi connectivity index (χ1n) is 9.74. The molecule has 2 aliphatic rings. The Morgan fingerprint density at radius 1 is 1.13 bits per heavy atom. The summed E-state index contributed by atoms with van der Waals surface area (Å²) in [5, 5.41) is 0. The summed E-state index contributed by atoms with van der Waals surface area (Å²) in [5.74, 6) is -1.23. The van der Waals surface area contributed by atoms with Gasteiger partial charge in [-0.2, -0.15) is 0 Å². The van der Waals surface area contributed by atoms with Crippen molar-refractivity contribution in [1.82, 2.24) is 19.8 Å². The first-order valence-corrected chi connectivity index (χ1v) is 9.74. The van der Waals surface area contributed by atoms with Crippen LogP contribution in [-0.2, 0) is 4.79 Å². The number of amides is 3. The molecule has 2 fully saturated rings. The quantitative estimate of drug-likeness (QED) is 0.744. The van der Waals surface area contributed by atoms with Crippen LogP contribution in [-0.4, -0.2) is 70.5 Å². The number of rotatable bonds is 5. The number of nitrogens with zero attached hydrogens (tertiary/aromatic N) is 5. The van der Waals surface area contributed by atoms with Gasteiger partial charge in [0.2, 0.25) is 5.91 Å². The van der Waals surface area contributed by atoms with Crippen LogP contribution in [0.25, 0.3) is 0 Å². The largest absolute Gasteiger partial charge is 0.458 e. The topological polar surface area (TPSA) is 78.9 Å². The van der Waals surface area contributed by atoms with E-state index < -0.39 is 17.7 Å². The number of carbonyl (C=O) groups is 2. The third-order valence-electron chi connectivity index (χ3n) is 5.16. The highest BCUT2D eigenvalue weighted by Gasteiger charge is 2.34. The van der Waals surface area contributed by atoms with E-state index in [1.54, 1.807) is 23.1 Å². The molecule has 0 N–H and O–H groups in total. The minimum atomic E-state index is -0.553. The monoisotopic (exact) mass is 417 g/mol. The first-order chi connectivity index (χ1) is 14.5. The van der Waals surface area contributed by atoms with E-state index in [0.29, 0.717) is 32.6 Å². The van der Waals surface area contributed by atoms with Gasteiger partial charge in [-0.15, -0.1) is 0 Å². The molecule has 3 heterocycles. The molecule has 0 radical (unpaired) electrons. The van der Waals surface area contributed by atoms with Crippen molar-refractivity contribution in [2.24, 2.45) is 0 Å². The average Bonchev–Trinajstić information content (AvgIpc) is 3.10. The van der Waals surface area contributed by atoms with Gasteiger partial charge < -0.3 is 14.5 Å². The van der Waals surface area contributed by atoms with Gasteiger partial charge in [-0.25, -0.2) is 23.5 Å². The highest BCUT2D eigenvalue weighted by atomic mass is 19.1. The predicted molar refractivity (Wildman–Crippen MR) is 103 cm³/mol. The molecule has 1 unspecified atom stereocenters. The van der Waals surface area contributed by atoms with Crippen LogP contribution >= 0.6 is 0 Å². The minimum absolute atomic E-state index is 0.0611. The second-order valence-electron chi connectivity index (χ2n) is 7.21. The zero-order valence-electron chi connectivity index (χ0n) is 16.2. The SMILES string of the molecule is O=C(CN1CCN(c2ccccc2F)C1=O)N1CCCC(Oc2ncc(F)cn2)C1. The Hall–Kier alpha value is -3.30. The maximum absolute atomic E-state index is 14.0. The molecule has 4 rings (SSSR count). The number of carbonyl (C=O) groups excluding carboxylic acids is 2. The Morgan fingerprint density at radius 3 is 2.67 bits per heavy atom. The van der Waals surface area contributed by atoms with Crippen LogP contribution in [0, 0.1) is 11.6 Å². The summed E-state index contributed by atoms with van der Waals surface area (Å²) in [5.41, 5.74) is 0.211. The first kappa shape index (κ1) is 20.0. The van der Waals surface area contributed by atoms with Crippen LogP contribution < -0.4 is 9.64 Å². The van der Waals surface area contributed by atoms with Gasteiger partial charge in [0.05, 0.1) is 24.6 Å². The zero-order valence-corrected chi connectivity index (χ0v) is 16.2. The summed E-state index contributed by atoms with van der Waals surface area (Å²) < 4.78 is 32.6. The third kappa shape index (κ3) is 4.32. The minimum Gasteiger partial charge on any atom is -0.458 e. The molecule has 0 bridgehead atoms. The van der Waals surface area contributed by atoms with Crippen molar-refractivity contribution < 1.29 is 23.1 Å². The van der Waals surface area contributed by atoms with E-state index in [2.05, 4.69) is 9.97 Å². The van der Waals surface area contributed by atoms with Crippen LogP contribution in [0.3, 0.4) is 0 Å². The third-order valence-corrected chi connectivity index (χ3v) is 5.16. The van der Waals surface area contributed by atoms with Crippen molar-refractivity contribution in [2.45, 2.75) is 18.9 Å². The number of para-hydroxylation sites is 1. The zero-order chi connectivity index (χ0) is 21.1. The van der Waals surface area contributed by atoms with Gasteiger partial charge in [-0.05, 0) is 25.0 Å². The van der Waals surface area contributed by atoms with Gasteiger partial charge in [-0.1, -0.05) is 12.1 Å². The standard InChI is InChI=1S/C20H21F2N5O3/c21-14-10-23-19(24-11-14)30-15-4-3-7-25(12-15)18(28)13-26-8-9-27(20(26)29)17-6-2-1-5-16(17)22/h1-2,5-6,10-11,15H,3-4,7-9,12-13H2. The average molecular weight is 417 g/mol. The van der Waals surface area contributed by atoms with Crippen molar-refractivity contribution in [3.8, 4) is 6.01 Å². The van der Waals surface area contributed by atoms with Gasteiger partial charge >= 0.3 is 12.0 Å². The Labute approximate surface area is 172 Å². The fraction of sp³-hybridized carbons (Fsp3) is 0.400. The molecule has 1 aromatic heterocycles. The molecule has 1 atom stereocenters. The second-order valence-corrected chi connectivity index (χ2v) is 7.21. The lowest BCUT2D eigenvalue weighted by Gasteiger charge is -2.33. The summed E-state index contributed by atoms with van der Waals surface area (Å²) >= 11 is 0. The second kappa shape index (κ2) is 8.60. The van der Waals surface area contributed by atoms with Crippen LogP contribution in [0.15, 0.2) is 36.7 Å². The molecule has 0 aliphatic carbocycles. The van der Waals surface area contributed by atoms with Crippen LogP contribution in [0.1, 0.15) is 12.8 Å². The normalized spacial score (nSPS) is 19.3. The number of urea groups is 1. The summed E-state index contributed by atoms with van der Waals surface area (Å²) in [4.78, 5) is 37.4. The molecular formula is C20H21F2N5O3. The lowest BCUT2D eigenvalue weighted by molar-refractivity contribution is -0.134. The van der Waals surface area contributed by atoms with Crippen LogP contribution in [0.5, 0.6) is 6.01 Å². The van der Waals surface area contributed by atoms with Gasteiger partial charge in [0.15, 0.2) is 5.82 Å². The van der Waals surface area contributed by atoms with Gasteiger partial charge in [0.1, 0.15) is 18.5 Å². The molecule has 158 valence electrons. The summed E-state index contributed by atoms with van der Waals surface area (Å²) in [6.45, 7) is 1.47. The molecular weight excluding hydrogens is 396 g/mol. The van der Waals surface area contributed by atoms with Crippen molar-refractivity contribution in [2.75, 3.05) is 37.6 Å². The Bertz CT molecular complexity index is 927. The molecule has 3 amide bonds. The van der Waals surface area contributed by atoms with E-state index in [1.165, 1.54) is 15.9 Å². The van der Waals surface area contributed by atoms with E-state index in [4.69, 9.17) is 4.74 Å². The number of hydrogen-bond donors (Lipinski definition) is 0. The van der Waals surface area contributed by atoms with E-state index >= 15 is 0 Å². The highest BCUT2D eigenvalue weighted by Crippen LogP contribution is 2.23. The number of likely N-dealkylation sites (tertiary alicyclic amines) is 1. The summed E-state index contributed by atoms with van der Waals surface area (Å²) in [6, 6.07) is 5.74. The maximum atomic E-state index is 14.0. The van der Waals surface area contributed by atoms with E-state index in [1.807, 2.05) is 0 Å². The summed E-state index contributed by atoms with van der Waals surface area (Å²) in [7, 11) is 0. The Balaban J connectivity index is 1.34. The smallest absolute Gasteiger partial charge is 0.325 e. The Morgan fingerprint density at radius 2 is 1.90 bits per heavy atom. The fourth-order valence-electron chi connectivity index (χ4n) is 3.66. The molecule has 0 spiro atoms. The van der Waals surface area contributed by atoms with Crippen LogP contribution in [0.4, 0.5) is 19.3 Å². The van der Waals surface area contributed by atoms with E-state index in [0.717, 1.165) is 18.8 Å². The molecule has 2 saturated heterocycles. The number of piperidine rings is 1. The number of hydrogen-bond acceptors (Lipinski definition) is 5. The van der Waals surface area contributed by atoms with Crippen molar-refractivity contribution in [3.05, 3.63) is 48.3 Å². The lowest BCUT2D eigenvalue weighted by Crippen LogP contribution is -2.48. The fourth-order valence-corrected chi connectivity index (χ4v) is 3.66.